The Balaban J connectivity index is 2.20. The fourth-order valence-electron chi connectivity index (χ4n) is 2.90. The first-order valence-electron chi connectivity index (χ1n) is 9.60. The van der Waals surface area contributed by atoms with Crippen LogP contribution in [0.2, 0.25) is 0 Å². The van der Waals surface area contributed by atoms with Crippen molar-refractivity contribution in [3.63, 3.8) is 0 Å². The first-order valence-corrected chi connectivity index (χ1v) is 11.1. The summed E-state index contributed by atoms with van der Waals surface area (Å²) in [5, 5.41) is 0. The third-order valence-corrected chi connectivity index (χ3v) is 6.04. The zero-order valence-corrected chi connectivity index (χ0v) is 18.9. The maximum atomic E-state index is 13.0. The van der Waals surface area contributed by atoms with Gasteiger partial charge in [-0.05, 0) is 54.2 Å². The van der Waals surface area contributed by atoms with Crippen molar-refractivity contribution in [3.05, 3.63) is 47.5 Å². The van der Waals surface area contributed by atoms with Crippen LogP contribution >= 0.6 is 0 Å². The fourth-order valence-corrected chi connectivity index (χ4v) is 4.10. The van der Waals surface area contributed by atoms with E-state index in [1.54, 1.807) is 26.4 Å². The van der Waals surface area contributed by atoms with Crippen molar-refractivity contribution in [1.29, 1.82) is 0 Å². The van der Waals surface area contributed by atoms with Crippen LogP contribution in [0.1, 0.15) is 38.8 Å². The summed E-state index contributed by atoms with van der Waals surface area (Å²) in [7, 11) is -0.578. The number of methoxy groups -OCH3 is 2. The Kier molecular flexibility index (Phi) is 7.54. The molecule has 1 N–H and O–H groups in total. The van der Waals surface area contributed by atoms with E-state index in [0.29, 0.717) is 30.3 Å². The van der Waals surface area contributed by atoms with Gasteiger partial charge in [0.15, 0.2) is 11.5 Å². The van der Waals surface area contributed by atoms with Gasteiger partial charge in [0.05, 0.1) is 20.8 Å². The lowest BCUT2D eigenvalue weighted by Gasteiger charge is -2.21. The van der Waals surface area contributed by atoms with Gasteiger partial charge in [-0.15, -0.1) is 0 Å². The van der Waals surface area contributed by atoms with Crippen LogP contribution in [0.5, 0.6) is 17.2 Å². The molecule has 0 atom stereocenters. The first kappa shape index (κ1) is 23.0. The third kappa shape index (κ3) is 5.87. The van der Waals surface area contributed by atoms with Crippen LogP contribution in [0.25, 0.3) is 0 Å². The highest BCUT2D eigenvalue weighted by molar-refractivity contribution is 7.89. The van der Waals surface area contributed by atoms with E-state index in [-0.39, 0.29) is 16.9 Å². The standard InChI is InChI=1S/C22H31NO5S/c1-7-28-19-11-9-17(22(2,3)4)15-21(19)29(24,25)23-13-12-16-8-10-18(26-5)20(14-16)27-6/h8-11,14-15,23H,7,12-13H2,1-6H3. The maximum absolute atomic E-state index is 13.0. The molecule has 0 saturated carbocycles. The summed E-state index contributed by atoms with van der Waals surface area (Å²) in [4.78, 5) is 0.166. The SMILES string of the molecule is CCOc1ccc(C(C)(C)C)cc1S(=O)(=O)NCCc1ccc(OC)c(OC)c1. The molecule has 2 rings (SSSR count). The summed E-state index contributed by atoms with van der Waals surface area (Å²) in [6.45, 7) is 8.61. The molecule has 0 fully saturated rings. The van der Waals surface area contributed by atoms with Gasteiger partial charge in [0.2, 0.25) is 10.0 Å². The Labute approximate surface area is 174 Å². The molecular weight excluding hydrogens is 390 g/mol. The minimum Gasteiger partial charge on any atom is -0.493 e. The third-order valence-electron chi connectivity index (χ3n) is 4.55. The molecule has 0 aliphatic rings. The predicted octanol–water partition coefficient (Wildman–Crippen LogP) is 3.92. The van der Waals surface area contributed by atoms with Crippen molar-refractivity contribution in [2.24, 2.45) is 0 Å². The monoisotopic (exact) mass is 421 g/mol. The Morgan fingerprint density at radius 3 is 2.17 bits per heavy atom. The molecule has 0 amide bonds. The van der Waals surface area contributed by atoms with Gasteiger partial charge >= 0.3 is 0 Å². The van der Waals surface area contributed by atoms with Crippen molar-refractivity contribution in [1.82, 2.24) is 4.72 Å². The number of rotatable bonds is 9. The molecular formula is C22H31NO5S. The normalized spacial score (nSPS) is 11.9. The van der Waals surface area contributed by atoms with Gasteiger partial charge in [-0.3, -0.25) is 0 Å². The second-order valence-electron chi connectivity index (χ2n) is 7.68. The zero-order chi connectivity index (χ0) is 21.7. The van der Waals surface area contributed by atoms with E-state index in [0.717, 1.165) is 11.1 Å². The number of benzene rings is 2. The van der Waals surface area contributed by atoms with Crippen LogP contribution in [0, 0.1) is 0 Å². The number of sulfonamides is 1. The van der Waals surface area contributed by atoms with Crippen molar-refractivity contribution in [2.45, 2.75) is 44.4 Å². The fraction of sp³-hybridized carbons (Fsp3) is 0.455. The molecule has 160 valence electrons. The predicted molar refractivity (Wildman–Crippen MR) is 115 cm³/mol. The summed E-state index contributed by atoms with van der Waals surface area (Å²) >= 11 is 0. The highest BCUT2D eigenvalue weighted by Gasteiger charge is 2.23. The van der Waals surface area contributed by atoms with Gasteiger partial charge in [0.1, 0.15) is 10.6 Å². The van der Waals surface area contributed by atoms with Gasteiger partial charge in [-0.2, -0.15) is 0 Å². The molecule has 0 unspecified atom stereocenters. The van der Waals surface area contributed by atoms with Gasteiger partial charge < -0.3 is 14.2 Å². The zero-order valence-electron chi connectivity index (χ0n) is 18.0. The molecule has 0 spiro atoms. The second kappa shape index (κ2) is 9.50. The summed E-state index contributed by atoms with van der Waals surface area (Å²) in [6, 6.07) is 10.9. The van der Waals surface area contributed by atoms with Crippen molar-refractivity contribution < 1.29 is 22.6 Å². The van der Waals surface area contributed by atoms with Gasteiger partial charge in [0.25, 0.3) is 0 Å². The lowest BCUT2D eigenvalue weighted by atomic mass is 9.87. The summed E-state index contributed by atoms with van der Waals surface area (Å²) in [5.41, 5.74) is 1.70. The van der Waals surface area contributed by atoms with Crippen molar-refractivity contribution >= 4 is 10.0 Å². The van der Waals surface area contributed by atoms with E-state index in [1.165, 1.54) is 0 Å². The van der Waals surface area contributed by atoms with E-state index in [2.05, 4.69) is 4.72 Å². The van der Waals surface area contributed by atoms with Crippen LogP contribution in [-0.2, 0) is 21.9 Å². The number of hydrogen-bond acceptors (Lipinski definition) is 5. The Bertz CT molecular complexity index is 933. The smallest absolute Gasteiger partial charge is 0.244 e. The molecule has 0 aliphatic heterocycles. The maximum Gasteiger partial charge on any atom is 0.244 e. The molecule has 0 aliphatic carbocycles. The van der Waals surface area contributed by atoms with E-state index in [4.69, 9.17) is 14.2 Å². The molecule has 6 nitrogen and oxygen atoms in total. The van der Waals surface area contributed by atoms with Crippen LogP contribution in [0.4, 0.5) is 0 Å². The molecule has 2 aromatic rings. The summed E-state index contributed by atoms with van der Waals surface area (Å²) < 4.78 is 44.8. The van der Waals surface area contributed by atoms with Crippen LogP contribution in [-0.4, -0.2) is 35.8 Å². The molecule has 0 heterocycles. The van der Waals surface area contributed by atoms with Crippen LogP contribution in [0.15, 0.2) is 41.3 Å². The van der Waals surface area contributed by atoms with Gasteiger partial charge in [0, 0.05) is 6.54 Å². The molecule has 0 saturated heterocycles. The quantitative estimate of drug-likeness (QED) is 0.664. The van der Waals surface area contributed by atoms with E-state index in [9.17, 15) is 8.42 Å². The molecule has 29 heavy (non-hydrogen) atoms. The minimum atomic E-state index is -3.73. The number of ether oxygens (including phenoxy) is 3. The summed E-state index contributed by atoms with van der Waals surface area (Å²) in [5.74, 6) is 1.61. The van der Waals surface area contributed by atoms with Gasteiger partial charge in [-0.25, -0.2) is 13.1 Å². The summed E-state index contributed by atoms with van der Waals surface area (Å²) in [6.07, 6.45) is 0.516. The Morgan fingerprint density at radius 2 is 1.59 bits per heavy atom. The molecule has 0 bridgehead atoms. The lowest BCUT2D eigenvalue weighted by molar-refractivity contribution is 0.330. The first-order chi connectivity index (χ1) is 13.6. The van der Waals surface area contributed by atoms with E-state index in [1.807, 2.05) is 52.0 Å². The van der Waals surface area contributed by atoms with E-state index >= 15 is 0 Å². The molecule has 0 radical (unpaired) electrons. The second-order valence-corrected chi connectivity index (χ2v) is 9.42. The number of nitrogens with one attached hydrogen (secondary N) is 1. The van der Waals surface area contributed by atoms with Crippen molar-refractivity contribution in [3.8, 4) is 17.2 Å². The highest BCUT2D eigenvalue weighted by Crippen LogP contribution is 2.31. The topological polar surface area (TPSA) is 73.9 Å². The van der Waals surface area contributed by atoms with Crippen molar-refractivity contribution in [2.75, 3.05) is 27.4 Å². The highest BCUT2D eigenvalue weighted by atomic mass is 32.2. The van der Waals surface area contributed by atoms with Crippen LogP contribution in [0.3, 0.4) is 0 Å². The Hall–Kier alpha value is -2.25. The molecule has 7 heteroatoms. The average molecular weight is 422 g/mol. The van der Waals surface area contributed by atoms with Gasteiger partial charge in [-0.1, -0.05) is 32.9 Å². The van der Waals surface area contributed by atoms with Crippen LogP contribution < -0.4 is 18.9 Å². The molecule has 2 aromatic carbocycles. The average Bonchev–Trinajstić information content (AvgIpc) is 2.67. The molecule has 0 aromatic heterocycles. The largest absolute Gasteiger partial charge is 0.493 e. The lowest BCUT2D eigenvalue weighted by Crippen LogP contribution is -2.27. The number of hydrogen-bond donors (Lipinski definition) is 1. The van der Waals surface area contributed by atoms with E-state index < -0.39 is 10.0 Å². The Morgan fingerprint density at radius 1 is 0.931 bits per heavy atom. The minimum absolute atomic E-state index is 0.166.